The molecule has 0 saturated carbocycles. The van der Waals surface area contributed by atoms with Crippen molar-refractivity contribution in [1.29, 1.82) is 0 Å². The second kappa shape index (κ2) is 6.93. The first-order valence-corrected chi connectivity index (χ1v) is 9.59. The maximum Gasteiger partial charge on any atom is 0.265 e. The van der Waals surface area contributed by atoms with Crippen LogP contribution in [0, 0.1) is 6.92 Å². The van der Waals surface area contributed by atoms with Gasteiger partial charge in [-0.2, -0.15) is 5.10 Å². The molecule has 130 valence electrons. The zero-order valence-electron chi connectivity index (χ0n) is 13.9. The lowest BCUT2D eigenvalue weighted by Crippen LogP contribution is -2.10. The van der Waals surface area contributed by atoms with E-state index in [-0.39, 0.29) is 5.91 Å². The minimum Gasteiger partial charge on any atom is -0.322 e. The third-order valence-corrected chi connectivity index (χ3v) is 5.59. The number of aromatic nitrogens is 2. The lowest BCUT2D eigenvalue weighted by molar-refractivity contribution is 0.103. The lowest BCUT2D eigenvalue weighted by Gasteiger charge is -2.05. The number of para-hydroxylation sites is 1. The van der Waals surface area contributed by atoms with E-state index >= 15 is 0 Å². The number of amides is 1. The van der Waals surface area contributed by atoms with E-state index < -0.39 is 0 Å². The van der Waals surface area contributed by atoms with Crippen molar-refractivity contribution < 1.29 is 4.79 Å². The summed E-state index contributed by atoms with van der Waals surface area (Å²) in [6, 6.07) is 19.3. The number of anilines is 2. The van der Waals surface area contributed by atoms with Gasteiger partial charge >= 0.3 is 0 Å². The van der Waals surface area contributed by atoms with Crippen LogP contribution in [-0.4, -0.2) is 15.7 Å². The summed E-state index contributed by atoms with van der Waals surface area (Å²) in [5.74, 6) is -0.121. The van der Waals surface area contributed by atoms with Gasteiger partial charge in [0.15, 0.2) is 0 Å². The molecule has 2 heterocycles. The van der Waals surface area contributed by atoms with Gasteiger partial charge in [-0.1, -0.05) is 18.2 Å². The second-order valence-corrected chi connectivity index (χ2v) is 7.22. The largest absolute Gasteiger partial charge is 0.322 e. The number of hydrogen-bond acceptors (Lipinski definition) is 4. The zero-order chi connectivity index (χ0) is 18.1. The van der Waals surface area contributed by atoms with Crippen LogP contribution in [0.3, 0.4) is 0 Å². The molecular weight excluding hydrogens is 412 g/mol. The van der Waals surface area contributed by atoms with Gasteiger partial charge in [0.05, 0.1) is 16.3 Å². The molecule has 0 aliphatic heterocycles. The van der Waals surface area contributed by atoms with E-state index in [1.54, 1.807) is 0 Å². The number of rotatable bonds is 4. The van der Waals surface area contributed by atoms with Gasteiger partial charge in [0, 0.05) is 32.9 Å². The van der Waals surface area contributed by atoms with Crippen molar-refractivity contribution in [3.63, 3.8) is 0 Å². The first kappa shape index (κ1) is 16.8. The summed E-state index contributed by atoms with van der Waals surface area (Å²) in [7, 11) is 0. The number of aryl methyl sites for hydroxylation is 1. The molecule has 0 aliphatic carbocycles. The van der Waals surface area contributed by atoms with E-state index in [2.05, 4.69) is 30.9 Å². The van der Waals surface area contributed by atoms with Crippen LogP contribution in [0.1, 0.15) is 15.4 Å². The average molecular weight is 427 g/mol. The first-order valence-electron chi connectivity index (χ1n) is 7.98. The second-order valence-electron chi connectivity index (χ2n) is 5.79. The predicted octanol–water partition coefficient (Wildman–Crippen LogP) is 5.37. The Morgan fingerprint density at radius 1 is 1.08 bits per heavy atom. The maximum atomic E-state index is 12.6. The van der Waals surface area contributed by atoms with Gasteiger partial charge in [0.1, 0.15) is 4.83 Å². The Hall–Kier alpha value is -2.64. The quantitative estimate of drug-likeness (QED) is 0.431. The Kier molecular flexibility index (Phi) is 4.48. The number of benzene rings is 2. The fourth-order valence-electron chi connectivity index (χ4n) is 2.71. The van der Waals surface area contributed by atoms with Crippen molar-refractivity contribution in [3.05, 3.63) is 71.2 Å². The molecule has 0 bridgehead atoms. The molecule has 1 amide bonds. The van der Waals surface area contributed by atoms with Gasteiger partial charge in [0.25, 0.3) is 5.91 Å². The van der Waals surface area contributed by atoms with Crippen molar-refractivity contribution in [2.24, 2.45) is 0 Å². The third kappa shape index (κ3) is 3.11. The summed E-state index contributed by atoms with van der Waals surface area (Å²) in [5, 5.41) is 8.55. The van der Waals surface area contributed by atoms with Crippen LogP contribution in [0.15, 0.2) is 60.7 Å². The number of fused-ring (bicyclic) bond motifs is 1. The molecule has 2 aromatic heterocycles. The van der Waals surface area contributed by atoms with Gasteiger partial charge in [-0.25, -0.2) is 4.68 Å². The Morgan fingerprint density at radius 2 is 1.77 bits per heavy atom. The molecule has 0 spiro atoms. The Labute approximate surface area is 163 Å². The van der Waals surface area contributed by atoms with Gasteiger partial charge in [-0.3, -0.25) is 4.79 Å². The fourth-order valence-corrected chi connectivity index (χ4v) is 4.05. The minimum atomic E-state index is -0.121. The van der Waals surface area contributed by atoms with Crippen LogP contribution < -0.4 is 9.66 Å². The summed E-state index contributed by atoms with van der Waals surface area (Å²) in [5.41, 5.74) is 3.56. The molecule has 0 fully saturated rings. The van der Waals surface area contributed by atoms with Crippen LogP contribution >= 0.6 is 27.5 Å². The van der Waals surface area contributed by atoms with E-state index in [1.165, 1.54) is 11.3 Å². The Bertz CT molecular complexity index is 1070. The molecule has 26 heavy (non-hydrogen) atoms. The Balaban J connectivity index is 1.65. The van der Waals surface area contributed by atoms with Crippen LogP contribution in [0.5, 0.6) is 0 Å². The van der Waals surface area contributed by atoms with Crippen LogP contribution in [0.25, 0.3) is 15.9 Å². The van der Waals surface area contributed by atoms with Crippen molar-refractivity contribution in [2.45, 2.75) is 6.92 Å². The molecule has 0 saturated heterocycles. The normalized spacial score (nSPS) is 10.8. The number of nitrogens with zero attached hydrogens (tertiary/aromatic N) is 2. The maximum absolute atomic E-state index is 12.6. The molecule has 4 aromatic rings. The number of halogens is 1. The first-order chi connectivity index (χ1) is 12.7. The van der Waals surface area contributed by atoms with Crippen molar-refractivity contribution in [3.8, 4) is 5.69 Å². The molecular formula is C19H15BrN4OS. The number of nitrogens with one attached hydrogen (secondary N) is 2. The molecule has 0 aliphatic rings. The third-order valence-electron chi connectivity index (χ3n) is 4.02. The van der Waals surface area contributed by atoms with E-state index in [0.717, 1.165) is 33.0 Å². The summed E-state index contributed by atoms with van der Waals surface area (Å²) in [6.45, 7) is 1.96. The number of hydrogen-bond donors (Lipinski definition) is 2. The van der Waals surface area contributed by atoms with Gasteiger partial charge in [-0.15, -0.1) is 11.3 Å². The molecule has 0 atom stereocenters. The monoisotopic (exact) mass is 426 g/mol. The van der Waals surface area contributed by atoms with Crippen molar-refractivity contribution >= 4 is 55.0 Å². The highest BCUT2D eigenvalue weighted by Crippen LogP contribution is 2.31. The van der Waals surface area contributed by atoms with Crippen LogP contribution in [-0.2, 0) is 0 Å². The molecule has 2 N–H and O–H groups in total. The molecule has 2 aromatic carbocycles. The smallest absolute Gasteiger partial charge is 0.265 e. The molecule has 7 heteroatoms. The van der Waals surface area contributed by atoms with Gasteiger partial charge < -0.3 is 9.66 Å². The van der Waals surface area contributed by atoms with E-state index in [4.69, 9.17) is 0 Å². The number of thiophene rings is 1. The highest BCUT2D eigenvalue weighted by atomic mass is 79.9. The highest BCUT2D eigenvalue weighted by Gasteiger charge is 2.17. The Morgan fingerprint density at radius 3 is 2.46 bits per heavy atom. The van der Waals surface area contributed by atoms with E-state index in [1.807, 2.05) is 72.3 Å². The topological polar surface area (TPSA) is 59.0 Å². The number of carbonyl (C=O) groups excluding carboxylic acids is 1. The van der Waals surface area contributed by atoms with Crippen LogP contribution in [0.2, 0.25) is 0 Å². The molecule has 4 rings (SSSR count). The summed E-state index contributed by atoms with van der Waals surface area (Å²) in [6.07, 6.45) is 0. The summed E-state index contributed by atoms with van der Waals surface area (Å²) < 4.78 is 4.77. The fraction of sp³-hybridized carbons (Fsp3) is 0.0526. The zero-order valence-corrected chi connectivity index (χ0v) is 16.3. The van der Waals surface area contributed by atoms with E-state index in [9.17, 15) is 4.79 Å². The van der Waals surface area contributed by atoms with Gasteiger partial charge in [-0.05, 0) is 49.4 Å². The standard InChI is InChI=1S/C19H15BrN4OS/c1-12-16-11-17(18(25)21-13-7-9-14(22-20)10-8-13)26-19(16)24(23-12)15-5-3-2-4-6-15/h2-11,22H,1H3,(H,21,25). The van der Waals surface area contributed by atoms with E-state index in [0.29, 0.717) is 4.88 Å². The lowest BCUT2D eigenvalue weighted by atomic mass is 10.2. The SMILES string of the molecule is Cc1nn(-c2ccccc2)c2sc(C(=O)Nc3ccc(NBr)cc3)cc12. The van der Waals surface area contributed by atoms with Crippen LogP contribution in [0.4, 0.5) is 11.4 Å². The molecule has 5 nitrogen and oxygen atoms in total. The highest BCUT2D eigenvalue weighted by molar-refractivity contribution is 9.10. The molecule has 0 unspecified atom stereocenters. The van der Waals surface area contributed by atoms with Crippen molar-refractivity contribution in [1.82, 2.24) is 9.78 Å². The van der Waals surface area contributed by atoms with Crippen molar-refractivity contribution in [2.75, 3.05) is 9.66 Å². The summed E-state index contributed by atoms with van der Waals surface area (Å²) >= 11 is 4.62. The van der Waals surface area contributed by atoms with Gasteiger partial charge in [0.2, 0.25) is 0 Å². The average Bonchev–Trinajstić information content (AvgIpc) is 3.24. The molecule has 0 radical (unpaired) electrons. The minimum absolute atomic E-state index is 0.121. The predicted molar refractivity (Wildman–Crippen MR) is 111 cm³/mol. The number of carbonyl (C=O) groups is 1. The summed E-state index contributed by atoms with van der Waals surface area (Å²) in [4.78, 5) is 14.3.